The van der Waals surface area contributed by atoms with Gasteiger partial charge in [0.2, 0.25) is 0 Å². The normalized spacial score (nSPS) is 15.2. The fraction of sp³-hybridized carbons (Fsp3) is 0.438. The van der Waals surface area contributed by atoms with Crippen LogP contribution in [0.15, 0.2) is 22.2 Å². The molecule has 0 bridgehead atoms. The molecule has 0 saturated carbocycles. The summed E-state index contributed by atoms with van der Waals surface area (Å²) in [5, 5.41) is 6.41. The van der Waals surface area contributed by atoms with Gasteiger partial charge < -0.3 is 9.64 Å². The molecule has 2 aromatic heterocycles. The number of amides is 1. The number of rotatable bonds is 4. The highest BCUT2D eigenvalue weighted by Crippen LogP contribution is 2.25. The third kappa shape index (κ3) is 4.17. The molecule has 1 aliphatic heterocycles. The zero-order valence-electron chi connectivity index (χ0n) is 12.7. The summed E-state index contributed by atoms with van der Waals surface area (Å²) in [5.74, 6) is -0.653. The molecule has 1 aliphatic rings. The van der Waals surface area contributed by atoms with E-state index in [9.17, 15) is 9.59 Å². The van der Waals surface area contributed by atoms with E-state index in [2.05, 4.69) is 4.98 Å². The molecule has 0 atom stereocenters. The van der Waals surface area contributed by atoms with Crippen LogP contribution in [0.25, 0.3) is 10.6 Å². The first-order valence-corrected chi connectivity index (χ1v) is 9.49. The number of likely N-dealkylation sites (tertiary alicyclic amines) is 1. The zero-order chi connectivity index (χ0) is 16.1. The average Bonchev–Trinajstić information content (AvgIpc) is 3.18. The molecule has 2 aromatic rings. The van der Waals surface area contributed by atoms with Gasteiger partial charge in [0.25, 0.3) is 5.91 Å². The summed E-state index contributed by atoms with van der Waals surface area (Å²) in [5.41, 5.74) is 1.26. The Kier molecular flexibility index (Phi) is 5.40. The number of ether oxygens (including phenoxy) is 1. The lowest BCUT2D eigenvalue weighted by Gasteiger charge is -2.19. The second kappa shape index (κ2) is 7.70. The van der Waals surface area contributed by atoms with Crippen LogP contribution in [0.4, 0.5) is 0 Å². The van der Waals surface area contributed by atoms with Crippen LogP contribution in [0.5, 0.6) is 0 Å². The molecule has 0 unspecified atom stereocenters. The Morgan fingerprint density at radius 1 is 1.17 bits per heavy atom. The van der Waals surface area contributed by atoms with Gasteiger partial charge in [-0.3, -0.25) is 4.79 Å². The fourth-order valence-corrected chi connectivity index (χ4v) is 4.00. The Labute approximate surface area is 142 Å². The van der Waals surface area contributed by atoms with E-state index in [1.165, 1.54) is 11.3 Å². The number of aromatic nitrogens is 1. The Bertz CT molecular complexity index is 659. The molecule has 7 heteroatoms. The summed E-state index contributed by atoms with van der Waals surface area (Å²) < 4.78 is 5.13. The molecule has 3 heterocycles. The van der Waals surface area contributed by atoms with Crippen LogP contribution >= 0.6 is 22.7 Å². The second-order valence-corrected chi connectivity index (χ2v) is 7.06. The van der Waals surface area contributed by atoms with E-state index in [1.807, 2.05) is 16.8 Å². The van der Waals surface area contributed by atoms with Gasteiger partial charge >= 0.3 is 5.97 Å². The van der Waals surface area contributed by atoms with Gasteiger partial charge in [0.1, 0.15) is 5.01 Å². The zero-order valence-corrected chi connectivity index (χ0v) is 14.3. The number of carbonyl (C=O) groups excluding carboxylic acids is 2. The lowest BCUT2D eigenvalue weighted by Crippen LogP contribution is -2.35. The summed E-state index contributed by atoms with van der Waals surface area (Å²) in [4.78, 5) is 30.2. The van der Waals surface area contributed by atoms with Crippen molar-refractivity contribution < 1.29 is 14.3 Å². The summed E-state index contributed by atoms with van der Waals surface area (Å²) in [6.45, 7) is 1.31. The predicted octanol–water partition coefficient (Wildman–Crippen LogP) is 3.43. The standard InChI is InChI=1S/C16H18N2O3S2/c19-14(18-6-3-1-2-4-7-18)9-21-16(20)13-11-23-15(17-13)12-5-8-22-10-12/h5,8,10-11H,1-4,6-7,9H2. The van der Waals surface area contributed by atoms with Crippen molar-refractivity contribution in [3.8, 4) is 10.6 Å². The SMILES string of the molecule is O=C(OCC(=O)N1CCCCCC1)c1csc(-c2ccsc2)n1. The largest absolute Gasteiger partial charge is 0.451 e. The van der Waals surface area contributed by atoms with Crippen molar-refractivity contribution in [3.63, 3.8) is 0 Å². The number of hydrogen-bond donors (Lipinski definition) is 0. The molecule has 122 valence electrons. The van der Waals surface area contributed by atoms with Gasteiger partial charge in [-0.25, -0.2) is 9.78 Å². The van der Waals surface area contributed by atoms with E-state index >= 15 is 0 Å². The van der Waals surface area contributed by atoms with Crippen LogP contribution in [0.3, 0.4) is 0 Å². The molecule has 5 nitrogen and oxygen atoms in total. The van der Waals surface area contributed by atoms with Crippen LogP contribution in [0.1, 0.15) is 36.2 Å². The molecule has 1 amide bonds. The molecule has 3 rings (SSSR count). The average molecular weight is 350 g/mol. The lowest BCUT2D eigenvalue weighted by atomic mass is 10.2. The molecule has 0 aromatic carbocycles. The van der Waals surface area contributed by atoms with Crippen molar-refractivity contribution in [3.05, 3.63) is 27.9 Å². The van der Waals surface area contributed by atoms with Crippen LogP contribution < -0.4 is 0 Å². The minimum Gasteiger partial charge on any atom is -0.451 e. The van der Waals surface area contributed by atoms with Gasteiger partial charge in [-0.05, 0) is 24.3 Å². The molecule has 0 aliphatic carbocycles. The molecular formula is C16H18N2O3S2. The van der Waals surface area contributed by atoms with Crippen molar-refractivity contribution in [2.45, 2.75) is 25.7 Å². The first-order chi connectivity index (χ1) is 11.2. The number of hydrogen-bond acceptors (Lipinski definition) is 6. The number of thiazole rings is 1. The fourth-order valence-electron chi connectivity index (χ4n) is 2.50. The minimum atomic E-state index is -0.536. The third-order valence-electron chi connectivity index (χ3n) is 3.77. The molecule has 0 radical (unpaired) electrons. The first kappa shape index (κ1) is 16.1. The van der Waals surface area contributed by atoms with Crippen LogP contribution in [0.2, 0.25) is 0 Å². The minimum absolute atomic E-state index is 0.117. The van der Waals surface area contributed by atoms with Gasteiger partial charge in [-0.15, -0.1) is 11.3 Å². The van der Waals surface area contributed by atoms with Crippen molar-refractivity contribution in [2.75, 3.05) is 19.7 Å². The highest BCUT2D eigenvalue weighted by atomic mass is 32.1. The van der Waals surface area contributed by atoms with Gasteiger partial charge in [-0.2, -0.15) is 11.3 Å². The molecule has 0 N–H and O–H groups in total. The number of carbonyl (C=O) groups is 2. The van der Waals surface area contributed by atoms with E-state index in [1.54, 1.807) is 21.6 Å². The molecule has 23 heavy (non-hydrogen) atoms. The maximum atomic E-state index is 12.1. The van der Waals surface area contributed by atoms with Crippen molar-refractivity contribution >= 4 is 34.6 Å². The third-order valence-corrected chi connectivity index (χ3v) is 5.34. The Morgan fingerprint density at radius 3 is 2.65 bits per heavy atom. The smallest absolute Gasteiger partial charge is 0.358 e. The number of esters is 1. The van der Waals surface area contributed by atoms with Crippen LogP contribution in [0, 0.1) is 0 Å². The van der Waals surface area contributed by atoms with Gasteiger partial charge in [0.15, 0.2) is 12.3 Å². The van der Waals surface area contributed by atoms with Gasteiger partial charge in [0, 0.05) is 29.4 Å². The highest BCUT2D eigenvalue weighted by molar-refractivity contribution is 7.14. The van der Waals surface area contributed by atoms with E-state index in [-0.39, 0.29) is 18.2 Å². The Hall–Kier alpha value is -1.73. The molecule has 1 saturated heterocycles. The Balaban J connectivity index is 1.54. The topological polar surface area (TPSA) is 59.5 Å². The van der Waals surface area contributed by atoms with Crippen LogP contribution in [-0.4, -0.2) is 41.5 Å². The van der Waals surface area contributed by atoms with E-state index < -0.39 is 5.97 Å². The van der Waals surface area contributed by atoms with E-state index in [0.717, 1.165) is 49.3 Å². The highest BCUT2D eigenvalue weighted by Gasteiger charge is 2.19. The monoisotopic (exact) mass is 350 g/mol. The number of thiophene rings is 1. The van der Waals surface area contributed by atoms with Crippen molar-refractivity contribution in [1.29, 1.82) is 0 Å². The maximum Gasteiger partial charge on any atom is 0.358 e. The first-order valence-electron chi connectivity index (χ1n) is 7.67. The molecular weight excluding hydrogens is 332 g/mol. The number of nitrogens with zero attached hydrogens (tertiary/aromatic N) is 2. The van der Waals surface area contributed by atoms with E-state index in [4.69, 9.17) is 4.74 Å². The lowest BCUT2D eigenvalue weighted by molar-refractivity contribution is -0.134. The summed E-state index contributed by atoms with van der Waals surface area (Å²) in [6, 6.07) is 1.96. The van der Waals surface area contributed by atoms with Crippen molar-refractivity contribution in [1.82, 2.24) is 9.88 Å². The van der Waals surface area contributed by atoms with E-state index in [0.29, 0.717) is 0 Å². The summed E-state index contributed by atoms with van der Waals surface area (Å²) in [7, 11) is 0. The van der Waals surface area contributed by atoms with Gasteiger partial charge in [0.05, 0.1) is 0 Å². The van der Waals surface area contributed by atoms with Gasteiger partial charge in [-0.1, -0.05) is 12.8 Å². The predicted molar refractivity (Wildman–Crippen MR) is 90.8 cm³/mol. The quantitative estimate of drug-likeness (QED) is 0.793. The molecule has 1 fully saturated rings. The summed E-state index contributed by atoms with van der Waals surface area (Å²) >= 11 is 2.98. The van der Waals surface area contributed by atoms with Crippen LogP contribution in [-0.2, 0) is 9.53 Å². The Morgan fingerprint density at radius 2 is 1.96 bits per heavy atom. The second-order valence-electron chi connectivity index (χ2n) is 5.42. The maximum absolute atomic E-state index is 12.1. The summed E-state index contributed by atoms with van der Waals surface area (Å²) in [6.07, 6.45) is 4.37. The molecule has 0 spiro atoms. The van der Waals surface area contributed by atoms with Crippen molar-refractivity contribution in [2.24, 2.45) is 0 Å².